The van der Waals surface area contributed by atoms with Gasteiger partial charge in [0.25, 0.3) is 0 Å². The van der Waals surface area contributed by atoms with Gasteiger partial charge in [-0.1, -0.05) is 0 Å². The monoisotopic (exact) mass is 308 g/mol. The Bertz CT molecular complexity index is 509. The Morgan fingerprint density at radius 3 is 2.94 bits per heavy atom. The maximum Gasteiger partial charge on any atom is 0.0718 e. The van der Waals surface area contributed by atoms with Crippen LogP contribution in [0.3, 0.4) is 0 Å². The molecule has 18 heavy (non-hydrogen) atoms. The summed E-state index contributed by atoms with van der Waals surface area (Å²) in [6.07, 6.45) is 6.71. The van der Waals surface area contributed by atoms with Gasteiger partial charge in [0.2, 0.25) is 0 Å². The van der Waals surface area contributed by atoms with E-state index in [2.05, 4.69) is 44.4 Å². The van der Waals surface area contributed by atoms with Gasteiger partial charge in [-0.25, -0.2) is 0 Å². The fraction of sp³-hybridized carbons (Fsp3) is 0.385. The van der Waals surface area contributed by atoms with Gasteiger partial charge in [-0.15, -0.1) is 0 Å². The van der Waals surface area contributed by atoms with Gasteiger partial charge < -0.3 is 5.32 Å². The van der Waals surface area contributed by atoms with E-state index in [1.165, 1.54) is 5.56 Å². The highest BCUT2D eigenvalue weighted by Crippen LogP contribution is 2.23. The second-order valence-corrected chi connectivity index (χ2v) is 4.97. The van der Waals surface area contributed by atoms with E-state index in [1.54, 1.807) is 0 Å². The Morgan fingerprint density at radius 1 is 1.50 bits per heavy atom. The van der Waals surface area contributed by atoms with Crippen LogP contribution in [0.2, 0.25) is 0 Å². The van der Waals surface area contributed by atoms with Crippen molar-refractivity contribution in [2.24, 2.45) is 0 Å². The summed E-state index contributed by atoms with van der Waals surface area (Å²) < 4.78 is 2.97. The van der Waals surface area contributed by atoms with E-state index in [9.17, 15) is 0 Å². The van der Waals surface area contributed by atoms with Gasteiger partial charge in [0, 0.05) is 23.4 Å². The Morgan fingerprint density at radius 2 is 2.33 bits per heavy atom. The van der Waals surface area contributed by atoms with Crippen molar-refractivity contribution in [2.45, 2.75) is 25.9 Å². The van der Waals surface area contributed by atoms with Crippen LogP contribution in [0.4, 0.5) is 0 Å². The normalized spacial score (nSPS) is 12.6. The van der Waals surface area contributed by atoms with Gasteiger partial charge >= 0.3 is 0 Å². The van der Waals surface area contributed by atoms with Crippen LogP contribution in [0.1, 0.15) is 24.2 Å². The molecule has 0 saturated heterocycles. The zero-order valence-electron chi connectivity index (χ0n) is 10.6. The molecule has 0 saturated carbocycles. The van der Waals surface area contributed by atoms with Crippen molar-refractivity contribution in [3.63, 3.8) is 0 Å². The van der Waals surface area contributed by atoms with Gasteiger partial charge in [-0.2, -0.15) is 5.10 Å². The van der Waals surface area contributed by atoms with Crippen LogP contribution in [0, 0.1) is 0 Å². The lowest BCUT2D eigenvalue weighted by Crippen LogP contribution is -2.20. The summed E-state index contributed by atoms with van der Waals surface area (Å²) in [7, 11) is 1.95. The molecule has 0 amide bonds. The minimum Gasteiger partial charge on any atom is -0.311 e. The third kappa shape index (κ3) is 2.97. The van der Waals surface area contributed by atoms with E-state index < -0.39 is 0 Å². The van der Waals surface area contributed by atoms with E-state index >= 15 is 0 Å². The first-order chi connectivity index (χ1) is 8.74. The molecule has 2 heterocycles. The number of likely N-dealkylation sites (N-methyl/N-ethyl adjacent to an activating group) is 1. The number of aromatic nitrogens is 3. The molecule has 1 atom stereocenters. The fourth-order valence-corrected chi connectivity index (χ4v) is 2.44. The molecule has 0 aliphatic heterocycles. The number of hydrogen-bond donors (Lipinski definition) is 1. The van der Waals surface area contributed by atoms with Gasteiger partial charge in [0.15, 0.2) is 0 Å². The lowest BCUT2D eigenvalue weighted by molar-refractivity contribution is 0.572. The Hall–Kier alpha value is -1.20. The number of rotatable bonds is 5. The van der Waals surface area contributed by atoms with Gasteiger partial charge in [0.05, 0.1) is 17.9 Å². The highest BCUT2D eigenvalue weighted by molar-refractivity contribution is 9.10. The number of nitrogens with zero attached hydrogens (tertiary/aromatic N) is 3. The second kappa shape index (κ2) is 6.11. The number of halogens is 1. The minimum absolute atomic E-state index is 0.190. The topological polar surface area (TPSA) is 42.7 Å². The molecule has 0 aromatic carbocycles. The Labute approximate surface area is 116 Å². The third-order valence-electron chi connectivity index (χ3n) is 2.92. The SMILES string of the molecule is CCn1cc(CC(NC)c2ncccc2Br)cn1. The molecule has 4 nitrogen and oxygen atoms in total. The summed E-state index contributed by atoms with van der Waals surface area (Å²) in [4.78, 5) is 4.44. The van der Waals surface area contributed by atoms with E-state index in [-0.39, 0.29) is 6.04 Å². The molecule has 1 N–H and O–H groups in total. The molecule has 2 aromatic rings. The fourth-order valence-electron chi connectivity index (χ4n) is 1.91. The molecule has 0 radical (unpaired) electrons. The van der Waals surface area contributed by atoms with Crippen molar-refractivity contribution in [1.29, 1.82) is 0 Å². The summed E-state index contributed by atoms with van der Waals surface area (Å²) in [5.41, 5.74) is 2.25. The van der Waals surface area contributed by atoms with E-state index in [0.717, 1.165) is 23.1 Å². The second-order valence-electron chi connectivity index (χ2n) is 4.12. The molecule has 0 aliphatic carbocycles. The molecule has 0 bridgehead atoms. The lowest BCUT2D eigenvalue weighted by atomic mass is 10.1. The van der Waals surface area contributed by atoms with Crippen molar-refractivity contribution in [2.75, 3.05) is 7.05 Å². The Balaban J connectivity index is 2.17. The summed E-state index contributed by atoms with van der Waals surface area (Å²) in [6, 6.07) is 4.13. The molecule has 5 heteroatoms. The summed E-state index contributed by atoms with van der Waals surface area (Å²) in [5.74, 6) is 0. The van der Waals surface area contributed by atoms with Crippen LogP contribution in [0.5, 0.6) is 0 Å². The molecule has 0 spiro atoms. The Kier molecular flexibility index (Phi) is 4.49. The van der Waals surface area contributed by atoms with E-state index in [4.69, 9.17) is 0 Å². The average Bonchev–Trinajstić information content (AvgIpc) is 2.85. The zero-order chi connectivity index (χ0) is 13.0. The van der Waals surface area contributed by atoms with Crippen molar-refractivity contribution in [1.82, 2.24) is 20.1 Å². The van der Waals surface area contributed by atoms with Crippen LogP contribution in [0.25, 0.3) is 0 Å². The van der Waals surface area contributed by atoms with Crippen molar-refractivity contribution in [3.05, 3.63) is 46.5 Å². The van der Waals surface area contributed by atoms with Crippen LogP contribution in [0.15, 0.2) is 35.2 Å². The molecule has 2 aromatic heterocycles. The molecule has 96 valence electrons. The van der Waals surface area contributed by atoms with Gasteiger partial charge in [-0.05, 0) is 54.0 Å². The highest BCUT2D eigenvalue weighted by Gasteiger charge is 2.15. The smallest absolute Gasteiger partial charge is 0.0718 e. The maximum absolute atomic E-state index is 4.44. The molecular formula is C13H17BrN4. The van der Waals surface area contributed by atoms with Gasteiger partial charge in [-0.3, -0.25) is 9.67 Å². The average molecular weight is 309 g/mol. The minimum atomic E-state index is 0.190. The number of pyridine rings is 1. The van der Waals surface area contributed by atoms with Crippen molar-refractivity contribution >= 4 is 15.9 Å². The largest absolute Gasteiger partial charge is 0.311 e. The predicted molar refractivity (Wildman–Crippen MR) is 75.3 cm³/mol. The first-order valence-electron chi connectivity index (χ1n) is 6.03. The molecular weight excluding hydrogens is 292 g/mol. The molecule has 0 aliphatic rings. The van der Waals surface area contributed by atoms with Crippen LogP contribution >= 0.6 is 15.9 Å². The quantitative estimate of drug-likeness (QED) is 0.923. The van der Waals surface area contributed by atoms with Crippen molar-refractivity contribution < 1.29 is 0 Å². The van der Waals surface area contributed by atoms with E-state index in [1.807, 2.05) is 36.3 Å². The third-order valence-corrected chi connectivity index (χ3v) is 3.59. The van der Waals surface area contributed by atoms with Crippen LogP contribution < -0.4 is 5.32 Å². The van der Waals surface area contributed by atoms with Crippen LogP contribution in [-0.2, 0) is 13.0 Å². The van der Waals surface area contributed by atoms with Crippen LogP contribution in [-0.4, -0.2) is 21.8 Å². The maximum atomic E-state index is 4.44. The number of aryl methyl sites for hydroxylation is 1. The number of nitrogens with one attached hydrogen (secondary N) is 1. The molecule has 1 unspecified atom stereocenters. The summed E-state index contributed by atoms with van der Waals surface area (Å²) in [5, 5.41) is 7.60. The van der Waals surface area contributed by atoms with Gasteiger partial charge in [0.1, 0.15) is 0 Å². The number of hydrogen-bond acceptors (Lipinski definition) is 3. The standard InChI is InChI=1S/C13H17BrN4/c1-3-18-9-10(8-17-18)7-12(15-2)13-11(14)5-4-6-16-13/h4-6,8-9,12,15H,3,7H2,1-2H3. The lowest BCUT2D eigenvalue weighted by Gasteiger charge is -2.15. The van der Waals surface area contributed by atoms with Crippen molar-refractivity contribution in [3.8, 4) is 0 Å². The summed E-state index contributed by atoms with van der Waals surface area (Å²) in [6.45, 7) is 2.99. The molecule has 2 rings (SSSR count). The van der Waals surface area contributed by atoms with E-state index in [0.29, 0.717) is 0 Å². The molecule has 0 fully saturated rings. The first kappa shape index (κ1) is 13.2. The first-order valence-corrected chi connectivity index (χ1v) is 6.83. The highest BCUT2D eigenvalue weighted by atomic mass is 79.9. The summed E-state index contributed by atoms with van der Waals surface area (Å²) >= 11 is 3.55. The zero-order valence-corrected chi connectivity index (χ0v) is 12.2. The predicted octanol–water partition coefficient (Wildman–Crippen LogP) is 2.56.